The number of nitrogens with one attached hydrogen (secondary N) is 1. The number of thioether (sulfide) groups is 1. The van der Waals surface area contributed by atoms with Crippen LogP contribution in [0.1, 0.15) is 5.56 Å². The number of nitrogens with zero attached hydrogens (tertiary/aromatic N) is 5. The van der Waals surface area contributed by atoms with Crippen molar-refractivity contribution >= 4 is 28.4 Å². The molecule has 0 radical (unpaired) electrons. The Hall–Kier alpha value is -3.83. The summed E-state index contributed by atoms with van der Waals surface area (Å²) < 4.78 is 3.64. The molecule has 8 heteroatoms. The minimum atomic E-state index is -0.448. The van der Waals surface area contributed by atoms with Gasteiger partial charge in [0, 0.05) is 12.6 Å². The summed E-state index contributed by atoms with van der Waals surface area (Å²) >= 11 is 1.47. The summed E-state index contributed by atoms with van der Waals surface area (Å²) in [6.45, 7) is 0. The molecular formula is C22H16N6OS. The highest BCUT2D eigenvalue weighted by atomic mass is 32.2. The number of aromatic amines is 1. The van der Waals surface area contributed by atoms with Gasteiger partial charge in [0.1, 0.15) is 28.1 Å². The largest absolute Gasteiger partial charge is 0.327 e. The van der Waals surface area contributed by atoms with Crippen LogP contribution in [0.4, 0.5) is 0 Å². The van der Waals surface area contributed by atoms with Gasteiger partial charge < -0.3 is 9.55 Å². The Bertz CT molecular complexity index is 1520. The number of hydrogen-bond donors (Lipinski definition) is 1. The molecule has 0 spiro atoms. The molecule has 0 unspecified atom stereocenters. The predicted octanol–water partition coefficient (Wildman–Crippen LogP) is 3.84. The third-order valence-electron chi connectivity index (χ3n) is 5.12. The average Bonchev–Trinajstić information content (AvgIpc) is 3.30. The van der Waals surface area contributed by atoms with E-state index in [2.05, 4.69) is 4.98 Å². The maximum absolute atomic E-state index is 12.8. The number of rotatable bonds is 3. The molecule has 0 fully saturated rings. The van der Waals surface area contributed by atoms with Gasteiger partial charge in [0.25, 0.3) is 5.56 Å². The minimum absolute atomic E-state index is 0.0282. The monoisotopic (exact) mass is 412 g/mol. The van der Waals surface area contributed by atoms with Crippen LogP contribution in [0.2, 0.25) is 0 Å². The molecular weight excluding hydrogens is 396 g/mol. The smallest absolute Gasteiger partial charge is 0.269 e. The fraction of sp³-hybridized carbons (Fsp3) is 0.0909. The van der Waals surface area contributed by atoms with Gasteiger partial charge in [-0.15, -0.1) is 11.8 Å². The van der Waals surface area contributed by atoms with E-state index >= 15 is 0 Å². The highest BCUT2D eigenvalue weighted by Crippen LogP contribution is 2.35. The van der Waals surface area contributed by atoms with Crippen molar-refractivity contribution in [1.29, 1.82) is 5.26 Å². The molecule has 0 aliphatic rings. The first-order valence-electron chi connectivity index (χ1n) is 9.24. The van der Waals surface area contributed by atoms with Crippen LogP contribution in [0.3, 0.4) is 0 Å². The van der Waals surface area contributed by atoms with Crippen molar-refractivity contribution < 1.29 is 0 Å². The molecule has 0 atom stereocenters. The summed E-state index contributed by atoms with van der Waals surface area (Å²) in [6.07, 6.45) is 1.93. The van der Waals surface area contributed by atoms with Gasteiger partial charge in [0.15, 0.2) is 0 Å². The molecule has 146 valence electrons. The van der Waals surface area contributed by atoms with Crippen molar-refractivity contribution in [2.45, 2.75) is 5.03 Å². The van der Waals surface area contributed by atoms with Gasteiger partial charge in [-0.1, -0.05) is 42.5 Å². The molecule has 30 heavy (non-hydrogen) atoms. The number of nitriles is 1. The van der Waals surface area contributed by atoms with E-state index in [-0.39, 0.29) is 5.56 Å². The fourth-order valence-electron chi connectivity index (χ4n) is 3.74. The topological polar surface area (TPSA) is 91.8 Å². The highest BCUT2D eigenvalue weighted by molar-refractivity contribution is 7.98. The lowest BCUT2D eigenvalue weighted by atomic mass is 10.1. The Kier molecular flexibility index (Phi) is 4.19. The Morgan fingerprint density at radius 2 is 1.83 bits per heavy atom. The Morgan fingerprint density at radius 1 is 1.10 bits per heavy atom. The Balaban J connectivity index is 1.93. The molecule has 1 N–H and O–H groups in total. The summed E-state index contributed by atoms with van der Waals surface area (Å²) in [7, 11) is 1.94. The van der Waals surface area contributed by atoms with Crippen LogP contribution in [0, 0.1) is 11.3 Å². The van der Waals surface area contributed by atoms with E-state index < -0.39 is 5.56 Å². The second-order valence-electron chi connectivity index (χ2n) is 6.78. The maximum Gasteiger partial charge on any atom is 0.269 e. The SMILES string of the molecule is CSc1nn2c(-c3ccccc3)c(C#N)c(=O)[nH]c2c1-c1nc2ccccc2n1C. The van der Waals surface area contributed by atoms with Gasteiger partial charge in [-0.05, 0) is 18.4 Å². The van der Waals surface area contributed by atoms with Crippen LogP contribution in [0.15, 0.2) is 64.4 Å². The second kappa shape index (κ2) is 6.90. The van der Waals surface area contributed by atoms with E-state index in [1.165, 1.54) is 11.8 Å². The van der Waals surface area contributed by atoms with Gasteiger partial charge in [-0.25, -0.2) is 9.50 Å². The van der Waals surface area contributed by atoms with Crippen LogP contribution < -0.4 is 5.56 Å². The molecule has 0 saturated carbocycles. The lowest BCUT2D eigenvalue weighted by molar-refractivity contribution is 0.887. The summed E-state index contributed by atoms with van der Waals surface area (Å²) in [5.74, 6) is 0.704. The van der Waals surface area contributed by atoms with Crippen molar-refractivity contribution in [2.75, 3.05) is 6.26 Å². The van der Waals surface area contributed by atoms with E-state index in [9.17, 15) is 10.1 Å². The zero-order valence-corrected chi connectivity index (χ0v) is 17.1. The molecule has 0 aliphatic heterocycles. The summed E-state index contributed by atoms with van der Waals surface area (Å²) in [5.41, 5.74) is 3.89. The van der Waals surface area contributed by atoms with E-state index in [1.807, 2.05) is 78.5 Å². The third kappa shape index (κ3) is 2.56. The first-order chi connectivity index (χ1) is 14.6. The third-order valence-corrected chi connectivity index (χ3v) is 5.80. The normalized spacial score (nSPS) is 11.2. The van der Waals surface area contributed by atoms with Crippen LogP contribution >= 0.6 is 11.8 Å². The van der Waals surface area contributed by atoms with Crippen LogP contribution in [-0.4, -0.2) is 30.4 Å². The lowest BCUT2D eigenvalue weighted by Gasteiger charge is -2.07. The highest BCUT2D eigenvalue weighted by Gasteiger charge is 2.24. The fourth-order valence-corrected chi connectivity index (χ4v) is 4.29. The van der Waals surface area contributed by atoms with Gasteiger partial charge >= 0.3 is 0 Å². The number of para-hydroxylation sites is 2. The number of imidazole rings is 1. The zero-order valence-electron chi connectivity index (χ0n) is 16.2. The summed E-state index contributed by atoms with van der Waals surface area (Å²) in [6, 6.07) is 19.3. The van der Waals surface area contributed by atoms with Gasteiger partial charge in [0.05, 0.1) is 22.3 Å². The van der Waals surface area contributed by atoms with E-state index in [0.717, 1.165) is 27.2 Å². The van der Waals surface area contributed by atoms with E-state index in [4.69, 9.17) is 10.1 Å². The van der Waals surface area contributed by atoms with Crippen LogP contribution in [-0.2, 0) is 7.05 Å². The van der Waals surface area contributed by atoms with E-state index in [1.54, 1.807) is 4.52 Å². The number of aromatic nitrogens is 5. The molecule has 7 nitrogen and oxygen atoms in total. The molecule has 0 aliphatic carbocycles. The van der Waals surface area contributed by atoms with Crippen molar-refractivity contribution in [3.8, 4) is 28.7 Å². The van der Waals surface area contributed by atoms with Crippen LogP contribution in [0.25, 0.3) is 39.3 Å². The van der Waals surface area contributed by atoms with Crippen molar-refractivity contribution in [2.24, 2.45) is 7.05 Å². The number of H-pyrrole nitrogens is 1. The van der Waals surface area contributed by atoms with E-state index in [0.29, 0.717) is 17.2 Å². The number of fused-ring (bicyclic) bond motifs is 2. The van der Waals surface area contributed by atoms with Crippen LogP contribution in [0.5, 0.6) is 0 Å². The molecule has 5 rings (SSSR count). The quantitative estimate of drug-likeness (QED) is 0.455. The Labute approximate surface area is 175 Å². The second-order valence-corrected chi connectivity index (χ2v) is 7.58. The molecule has 2 aromatic carbocycles. The maximum atomic E-state index is 12.8. The summed E-state index contributed by atoms with van der Waals surface area (Å²) in [5, 5.41) is 15.1. The Morgan fingerprint density at radius 3 is 2.53 bits per heavy atom. The molecule has 3 aromatic heterocycles. The average molecular weight is 412 g/mol. The standard InChI is InChI=1S/C22H16N6OS/c1-27-16-11-7-6-10-15(16)24-19(27)17-20-25-21(29)14(12-23)18(13-8-4-3-5-9-13)28(20)26-22(17)30-2/h3-11H,1-2H3,(H,25,29). The van der Waals surface area contributed by atoms with Gasteiger partial charge in [-0.3, -0.25) is 4.79 Å². The van der Waals surface area contributed by atoms with Gasteiger partial charge in [-0.2, -0.15) is 10.4 Å². The number of aryl methyl sites for hydroxylation is 1. The minimum Gasteiger partial charge on any atom is -0.327 e. The van der Waals surface area contributed by atoms with Crippen molar-refractivity contribution in [3.63, 3.8) is 0 Å². The molecule has 5 aromatic rings. The molecule has 0 saturated heterocycles. The molecule has 0 bridgehead atoms. The first kappa shape index (κ1) is 18.2. The predicted molar refractivity (Wildman–Crippen MR) is 117 cm³/mol. The number of benzene rings is 2. The van der Waals surface area contributed by atoms with Gasteiger partial charge in [0.2, 0.25) is 0 Å². The summed E-state index contributed by atoms with van der Waals surface area (Å²) in [4.78, 5) is 20.5. The van der Waals surface area contributed by atoms with Crippen molar-refractivity contribution in [3.05, 3.63) is 70.5 Å². The molecule has 3 heterocycles. The number of hydrogen-bond acceptors (Lipinski definition) is 5. The first-order valence-corrected chi connectivity index (χ1v) is 10.5. The lowest BCUT2D eigenvalue weighted by Crippen LogP contribution is -2.16. The van der Waals surface area contributed by atoms with Crippen molar-refractivity contribution in [1.82, 2.24) is 24.1 Å². The molecule has 0 amide bonds. The zero-order chi connectivity index (χ0) is 20.8.